The quantitative estimate of drug-likeness (QED) is 0.732. The summed E-state index contributed by atoms with van der Waals surface area (Å²) in [7, 11) is 0. The van der Waals surface area contributed by atoms with E-state index in [1.165, 1.54) is 17.3 Å². The highest BCUT2D eigenvalue weighted by atomic mass is 32.2. The fourth-order valence-corrected chi connectivity index (χ4v) is 2.01. The number of ether oxygens (including phenoxy) is 2. The van der Waals surface area contributed by atoms with Gasteiger partial charge in [0.05, 0.1) is 6.61 Å². The first-order valence-corrected chi connectivity index (χ1v) is 7.95. The molecule has 21 heavy (non-hydrogen) atoms. The third-order valence-electron chi connectivity index (χ3n) is 2.91. The monoisotopic (exact) mass is 302 g/mol. The van der Waals surface area contributed by atoms with Crippen LogP contribution in [-0.2, 0) is 9.53 Å². The zero-order valence-electron chi connectivity index (χ0n) is 12.0. The number of benzene rings is 2. The average Bonchev–Trinajstić information content (AvgIpc) is 2.55. The van der Waals surface area contributed by atoms with Gasteiger partial charge in [-0.05, 0) is 29.5 Å². The molecular formula is C17H18O3S. The Hall–Kier alpha value is -1.78. The lowest BCUT2D eigenvalue weighted by atomic mass is 10.1. The molecule has 0 N–H and O–H groups in total. The summed E-state index contributed by atoms with van der Waals surface area (Å²) in [5, 5.41) is 0.0298. The summed E-state index contributed by atoms with van der Waals surface area (Å²) >= 11 is 1.17. The van der Waals surface area contributed by atoms with Gasteiger partial charge in [-0.3, -0.25) is 4.79 Å². The maximum Gasteiger partial charge on any atom is 0.214 e. The van der Waals surface area contributed by atoms with Crippen LogP contribution in [0.3, 0.4) is 0 Å². The largest absolute Gasteiger partial charge is 0.491 e. The lowest BCUT2D eigenvalue weighted by Gasteiger charge is -2.07. The zero-order valence-corrected chi connectivity index (χ0v) is 12.8. The molecule has 0 aromatic heterocycles. The zero-order chi connectivity index (χ0) is 14.9. The van der Waals surface area contributed by atoms with Crippen molar-refractivity contribution in [1.29, 1.82) is 0 Å². The standard InChI is InChI=1S/C17H18O3S/c1-21-17(18)13-19-11-12-20-16-9-7-15(8-10-16)14-5-3-2-4-6-14/h2-10H,11-13H2,1H3. The fraction of sp³-hybridized carbons (Fsp3) is 0.235. The van der Waals surface area contributed by atoms with E-state index in [1.54, 1.807) is 6.26 Å². The van der Waals surface area contributed by atoms with Crippen molar-refractivity contribution >= 4 is 16.9 Å². The first kappa shape index (κ1) is 15.6. The molecule has 0 heterocycles. The molecule has 0 aliphatic rings. The first-order chi connectivity index (χ1) is 10.3. The smallest absolute Gasteiger partial charge is 0.214 e. The van der Waals surface area contributed by atoms with Gasteiger partial charge in [0.25, 0.3) is 0 Å². The second-order valence-electron chi connectivity index (χ2n) is 4.37. The van der Waals surface area contributed by atoms with Crippen LogP contribution in [0, 0.1) is 0 Å². The molecule has 0 bridgehead atoms. The highest BCUT2D eigenvalue weighted by molar-refractivity contribution is 8.13. The van der Waals surface area contributed by atoms with Crippen molar-refractivity contribution in [3.05, 3.63) is 54.6 Å². The second-order valence-corrected chi connectivity index (χ2v) is 5.23. The maximum atomic E-state index is 11.0. The predicted molar refractivity (Wildman–Crippen MR) is 86.7 cm³/mol. The van der Waals surface area contributed by atoms with Crippen molar-refractivity contribution < 1.29 is 14.3 Å². The van der Waals surface area contributed by atoms with Crippen LogP contribution < -0.4 is 4.74 Å². The molecular weight excluding hydrogens is 284 g/mol. The number of rotatable bonds is 7. The van der Waals surface area contributed by atoms with Crippen LogP contribution in [0.15, 0.2) is 54.6 Å². The van der Waals surface area contributed by atoms with Crippen LogP contribution in [0.25, 0.3) is 11.1 Å². The molecule has 0 spiro atoms. The van der Waals surface area contributed by atoms with E-state index in [1.807, 2.05) is 42.5 Å². The SMILES string of the molecule is CSC(=O)COCCOc1ccc(-c2ccccc2)cc1. The Morgan fingerprint density at radius 1 is 0.952 bits per heavy atom. The number of thioether (sulfide) groups is 1. The fourth-order valence-electron chi connectivity index (χ4n) is 1.81. The van der Waals surface area contributed by atoms with Crippen molar-refractivity contribution in [3.63, 3.8) is 0 Å². The van der Waals surface area contributed by atoms with Crippen molar-refractivity contribution in [2.45, 2.75) is 0 Å². The first-order valence-electron chi connectivity index (χ1n) is 6.72. The van der Waals surface area contributed by atoms with Crippen LogP contribution in [-0.4, -0.2) is 31.2 Å². The van der Waals surface area contributed by atoms with E-state index in [-0.39, 0.29) is 11.7 Å². The summed E-state index contributed by atoms with van der Waals surface area (Å²) in [6.45, 7) is 0.983. The summed E-state index contributed by atoms with van der Waals surface area (Å²) in [6, 6.07) is 18.1. The minimum atomic E-state index is 0.0298. The Kier molecular flexibility index (Phi) is 6.31. The molecule has 0 atom stereocenters. The minimum Gasteiger partial charge on any atom is -0.491 e. The van der Waals surface area contributed by atoms with Gasteiger partial charge in [0.1, 0.15) is 19.0 Å². The molecule has 0 amide bonds. The lowest BCUT2D eigenvalue weighted by Crippen LogP contribution is -2.11. The average molecular weight is 302 g/mol. The van der Waals surface area contributed by atoms with Crippen LogP contribution >= 0.6 is 11.8 Å². The van der Waals surface area contributed by atoms with Gasteiger partial charge in [-0.25, -0.2) is 0 Å². The molecule has 4 heteroatoms. The topological polar surface area (TPSA) is 35.5 Å². The number of carbonyl (C=O) groups is 1. The number of carbonyl (C=O) groups excluding carboxylic acids is 1. The van der Waals surface area contributed by atoms with E-state index >= 15 is 0 Å². The third-order valence-corrected chi connectivity index (χ3v) is 3.48. The highest BCUT2D eigenvalue weighted by Gasteiger charge is 2.00. The minimum absolute atomic E-state index is 0.0298. The second kappa shape index (κ2) is 8.49. The molecule has 0 aliphatic heterocycles. The molecule has 2 aromatic rings. The van der Waals surface area contributed by atoms with E-state index in [0.717, 1.165) is 11.3 Å². The van der Waals surface area contributed by atoms with Crippen molar-refractivity contribution in [2.75, 3.05) is 26.1 Å². The summed E-state index contributed by atoms with van der Waals surface area (Å²) in [4.78, 5) is 11.0. The summed E-state index contributed by atoms with van der Waals surface area (Å²) in [6.07, 6.45) is 1.75. The van der Waals surface area contributed by atoms with Gasteiger partial charge in [0.15, 0.2) is 0 Å². The van der Waals surface area contributed by atoms with Gasteiger partial charge >= 0.3 is 0 Å². The molecule has 2 rings (SSSR count). The Labute approximate surface area is 129 Å². The van der Waals surface area contributed by atoms with Crippen LogP contribution in [0.4, 0.5) is 0 Å². The van der Waals surface area contributed by atoms with Gasteiger partial charge in [-0.15, -0.1) is 0 Å². The Morgan fingerprint density at radius 2 is 1.62 bits per heavy atom. The molecule has 0 fully saturated rings. The number of hydrogen-bond donors (Lipinski definition) is 0. The number of hydrogen-bond acceptors (Lipinski definition) is 4. The van der Waals surface area contributed by atoms with E-state index in [9.17, 15) is 4.79 Å². The molecule has 0 radical (unpaired) electrons. The Bertz CT molecular complexity index is 552. The molecule has 0 saturated heterocycles. The van der Waals surface area contributed by atoms with Crippen LogP contribution in [0.1, 0.15) is 0 Å². The Balaban J connectivity index is 1.77. The van der Waals surface area contributed by atoms with Crippen molar-refractivity contribution in [3.8, 4) is 16.9 Å². The molecule has 0 saturated carbocycles. The van der Waals surface area contributed by atoms with Crippen LogP contribution in [0.2, 0.25) is 0 Å². The predicted octanol–water partition coefficient (Wildman–Crippen LogP) is 3.64. The molecule has 3 nitrogen and oxygen atoms in total. The van der Waals surface area contributed by atoms with E-state index < -0.39 is 0 Å². The summed E-state index contributed by atoms with van der Waals surface area (Å²) < 4.78 is 10.8. The van der Waals surface area contributed by atoms with Crippen molar-refractivity contribution in [2.24, 2.45) is 0 Å². The van der Waals surface area contributed by atoms with E-state index in [4.69, 9.17) is 9.47 Å². The van der Waals surface area contributed by atoms with Crippen molar-refractivity contribution in [1.82, 2.24) is 0 Å². The molecule has 0 unspecified atom stereocenters. The molecule has 110 valence electrons. The van der Waals surface area contributed by atoms with E-state index in [0.29, 0.717) is 13.2 Å². The summed E-state index contributed by atoms with van der Waals surface area (Å²) in [5.41, 5.74) is 2.34. The normalized spacial score (nSPS) is 10.3. The molecule has 2 aromatic carbocycles. The maximum absolute atomic E-state index is 11.0. The molecule has 0 aliphatic carbocycles. The van der Waals surface area contributed by atoms with Gasteiger partial charge < -0.3 is 9.47 Å². The lowest BCUT2D eigenvalue weighted by molar-refractivity contribution is -0.115. The van der Waals surface area contributed by atoms with Gasteiger partial charge in [0.2, 0.25) is 5.12 Å². The third kappa shape index (κ3) is 5.25. The highest BCUT2D eigenvalue weighted by Crippen LogP contribution is 2.21. The van der Waals surface area contributed by atoms with Gasteiger partial charge in [-0.2, -0.15) is 0 Å². The van der Waals surface area contributed by atoms with Crippen LogP contribution in [0.5, 0.6) is 5.75 Å². The van der Waals surface area contributed by atoms with Gasteiger partial charge in [0, 0.05) is 0 Å². The van der Waals surface area contributed by atoms with E-state index in [2.05, 4.69) is 12.1 Å². The summed E-state index contributed by atoms with van der Waals surface area (Å²) in [5.74, 6) is 0.800. The Morgan fingerprint density at radius 3 is 2.29 bits per heavy atom. The van der Waals surface area contributed by atoms with Gasteiger partial charge in [-0.1, -0.05) is 54.2 Å².